The van der Waals surface area contributed by atoms with Crippen molar-refractivity contribution in [2.75, 3.05) is 18.0 Å². The molecule has 2 atom stereocenters. The highest BCUT2D eigenvalue weighted by molar-refractivity contribution is 5.33. The minimum atomic E-state index is 0.690. The highest BCUT2D eigenvalue weighted by Gasteiger charge is 2.39. The summed E-state index contributed by atoms with van der Waals surface area (Å²) in [4.78, 5) is 6.90. The molecule has 2 unspecified atom stereocenters. The van der Waals surface area contributed by atoms with Crippen molar-refractivity contribution in [3.63, 3.8) is 0 Å². The van der Waals surface area contributed by atoms with Crippen molar-refractivity contribution < 1.29 is 4.42 Å². The smallest absolute Gasteiger partial charge is 0.297 e. The van der Waals surface area contributed by atoms with Gasteiger partial charge >= 0.3 is 0 Å². The molecule has 1 saturated heterocycles. The van der Waals surface area contributed by atoms with E-state index >= 15 is 0 Å². The van der Waals surface area contributed by atoms with Crippen LogP contribution in [0.4, 0.5) is 6.01 Å². The van der Waals surface area contributed by atoms with Gasteiger partial charge in [0.2, 0.25) is 0 Å². The van der Waals surface area contributed by atoms with E-state index in [1.54, 1.807) is 6.26 Å². The Labute approximate surface area is 96.0 Å². The predicted molar refractivity (Wildman–Crippen MR) is 62.4 cm³/mol. The summed E-state index contributed by atoms with van der Waals surface area (Å²) in [6.07, 6.45) is 5.83. The molecule has 2 aliphatic rings. The molecular weight excluding hydrogens is 202 g/mol. The average molecular weight is 221 g/mol. The molecule has 1 aliphatic heterocycles. The van der Waals surface area contributed by atoms with Crippen LogP contribution in [-0.2, 0) is 6.54 Å². The summed E-state index contributed by atoms with van der Waals surface area (Å²) in [5, 5.41) is 3.26. The predicted octanol–water partition coefficient (Wildman–Crippen LogP) is 1.77. The van der Waals surface area contributed by atoms with Gasteiger partial charge in [-0.05, 0) is 31.7 Å². The molecule has 2 bridgehead atoms. The molecule has 4 heteroatoms. The SMILES string of the molecule is CCNCc1coc(N2CC3CCC2C3)n1. The molecule has 1 saturated carbocycles. The normalized spacial score (nSPS) is 27.9. The maximum absolute atomic E-state index is 5.57. The summed E-state index contributed by atoms with van der Waals surface area (Å²) in [5.74, 6) is 0.883. The third-order valence-electron chi connectivity index (χ3n) is 3.75. The Morgan fingerprint density at radius 3 is 3.19 bits per heavy atom. The van der Waals surface area contributed by atoms with Crippen LogP contribution in [0.2, 0.25) is 0 Å². The minimum absolute atomic E-state index is 0.690. The van der Waals surface area contributed by atoms with Crippen molar-refractivity contribution in [3.8, 4) is 0 Å². The Hall–Kier alpha value is -1.03. The summed E-state index contributed by atoms with van der Waals surface area (Å²) in [5.41, 5.74) is 1.01. The van der Waals surface area contributed by atoms with Crippen LogP contribution in [0.25, 0.3) is 0 Å². The molecule has 1 aromatic heterocycles. The maximum atomic E-state index is 5.57. The van der Waals surface area contributed by atoms with E-state index < -0.39 is 0 Å². The van der Waals surface area contributed by atoms with Gasteiger partial charge in [0.05, 0.1) is 5.69 Å². The number of hydrogen-bond acceptors (Lipinski definition) is 4. The van der Waals surface area contributed by atoms with Crippen LogP contribution < -0.4 is 10.2 Å². The van der Waals surface area contributed by atoms with Crippen LogP contribution in [0.15, 0.2) is 10.7 Å². The Balaban J connectivity index is 1.68. The lowest BCUT2D eigenvalue weighted by Crippen LogP contribution is -2.32. The van der Waals surface area contributed by atoms with Crippen molar-refractivity contribution in [1.29, 1.82) is 0 Å². The average Bonchev–Trinajstić information content (AvgIpc) is 3.01. The number of oxazole rings is 1. The Bertz CT molecular complexity index is 363. The number of piperidine rings is 1. The zero-order chi connectivity index (χ0) is 11.0. The number of nitrogens with one attached hydrogen (secondary N) is 1. The Kier molecular flexibility index (Phi) is 2.59. The van der Waals surface area contributed by atoms with Gasteiger partial charge in [0.15, 0.2) is 0 Å². The lowest BCUT2D eigenvalue weighted by atomic mass is 10.1. The molecule has 0 aromatic carbocycles. The van der Waals surface area contributed by atoms with Crippen LogP contribution in [0.5, 0.6) is 0 Å². The molecule has 4 nitrogen and oxygen atoms in total. The van der Waals surface area contributed by atoms with Crippen LogP contribution in [-0.4, -0.2) is 24.1 Å². The second-order valence-corrected chi connectivity index (χ2v) is 4.89. The van der Waals surface area contributed by atoms with Crippen LogP contribution >= 0.6 is 0 Å². The van der Waals surface area contributed by atoms with E-state index in [1.807, 2.05) is 0 Å². The number of fused-ring (bicyclic) bond motifs is 2. The van der Waals surface area contributed by atoms with Gasteiger partial charge < -0.3 is 14.6 Å². The summed E-state index contributed by atoms with van der Waals surface area (Å²) in [7, 11) is 0. The summed E-state index contributed by atoms with van der Waals surface area (Å²) >= 11 is 0. The van der Waals surface area contributed by atoms with Gasteiger partial charge in [-0.1, -0.05) is 6.92 Å². The van der Waals surface area contributed by atoms with Gasteiger partial charge in [-0.3, -0.25) is 0 Å². The maximum Gasteiger partial charge on any atom is 0.297 e. The fraction of sp³-hybridized carbons (Fsp3) is 0.750. The highest BCUT2D eigenvalue weighted by Crippen LogP contribution is 2.39. The van der Waals surface area contributed by atoms with E-state index in [0.29, 0.717) is 6.04 Å². The van der Waals surface area contributed by atoms with Crippen molar-refractivity contribution in [2.45, 2.75) is 38.8 Å². The monoisotopic (exact) mass is 221 g/mol. The number of nitrogens with zero attached hydrogens (tertiary/aromatic N) is 2. The fourth-order valence-electron chi connectivity index (χ4n) is 2.92. The van der Waals surface area contributed by atoms with E-state index in [-0.39, 0.29) is 0 Å². The number of rotatable bonds is 4. The molecule has 1 N–H and O–H groups in total. The molecule has 16 heavy (non-hydrogen) atoms. The van der Waals surface area contributed by atoms with E-state index in [9.17, 15) is 0 Å². The van der Waals surface area contributed by atoms with Crippen LogP contribution in [0, 0.1) is 5.92 Å². The van der Waals surface area contributed by atoms with Gasteiger partial charge in [0, 0.05) is 19.1 Å². The van der Waals surface area contributed by atoms with Crippen LogP contribution in [0.1, 0.15) is 31.9 Å². The van der Waals surface area contributed by atoms with E-state index in [4.69, 9.17) is 4.42 Å². The topological polar surface area (TPSA) is 41.3 Å². The van der Waals surface area contributed by atoms with Gasteiger partial charge in [-0.2, -0.15) is 4.98 Å². The zero-order valence-corrected chi connectivity index (χ0v) is 9.78. The molecule has 0 spiro atoms. The second kappa shape index (κ2) is 4.09. The van der Waals surface area contributed by atoms with Crippen molar-refractivity contribution in [2.24, 2.45) is 5.92 Å². The molecule has 2 heterocycles. The third kappa shape index (κ3) is 1.71. The number of hydrogen-bond donors (Lipinski definition) is 1. The number of anilines is 1. The summed E-state index contributed by atoms with van der Waals surface area (Å²) in [6, 6.07) is 1.52. The van der Waals surface area contributed by atoms with Crippen molar-refractivity contribution >= 4 is 6.01 Å². The van der Waals surface area contributed by atoms with Gasteiger partial charge in [0.1, 0.15) is 6.26 Å². The zero-order valence-electron chi connectivity index (χ0n) is 9.78. The Morgan fingerprint density at radius 1 is 1.56 bits per heavy atom. The molecule has 3 rings (SSSR count). The van der Waals surface area contributed by atoms with E-state index in [1.165, 1.54) is 19.3 Å². The number of aromatic nitrogens is 1. The lowest BCUT2D eigenvalue weighted by Gasteiger charge is -2.24. The second-order valence-electron chi connectivity index (χ2n) is 4.89. The molecule has 1 aromatic rings. The largest absolute Gasteiger partial charge is 0.432 e. The fourth-order valence-corrected chi connectivity index (χ4v) is 2.92. The van der Waals surface area contributed by atoms with Gasteiger partial charge in [-0.15, -0.1) is 0 Å². The minimum Gasteiger partial charge on any atom is -0.432 e. The van der Waals surface area contributed by atoms with Gasteiger partial charge in [-0.25, -0.2) is 0 Å². The Morgan fingerprint density at radius 2 is 2.50 bits per heavy atom. The van der Waals surface area contributed by atoms with Crippen LogP contribution in [0.3, 0.4) is 0 Å². The lowest BCUT2D eigenvalue weighted by molar-refractivity contribution is 0.484. The first kappa shape index (κ1) is 10.1. The van der Waals surface area contributed by atoms with Crippen molar-refractivity contribution in [1.82, 2.24) is 10.3 Å². The molecule has 0 amide bonds. The highest BCUT2D eigenvalue weighted by atomic mass is 16.4. The molecule has 2 fully saturated rings. The van der Waals surface area contributed by atoms with E-state index in [2.05, 4.69) is 22.1 Å². The van der Waals surface area contributed by atoms with Gasteiger partial charge in [0.25, 0.3) is 6.01 Å². The molecule has 0 radical (unpaired) electrons. The van der Waals surface area contributed by atoms with E-state index in [0.717, 1.165) is 37.3 Å². The summed E-state index contributed by atoms with van der Waals surface area (Å²) < 4.78 is 5.57. The summed E-state index contributed by atoms with van der Waals surface area (Å²) in [6.45, 7) is 5.02. The first-order valence-electron chi connectivity index (χ1n) is 6.28. The molecular formula is C12H19N3O. The third-order valence-corrected chi connectivity index (χ3v) is 3.75. The quantitative estimate of drug-likeness (QED) is 0.841. The molecule has 1 aliphatic carbocycles. The first-order chi connectivity index (χ1) is 7.86. The first-order valence-corrected chi connectivity index (χ1v) is 6.28. The standard InChI is InChI=1S/C12H19N3O/c1-2-13-6-10-8-16-12(14-10)15-7-9-3-4-11(15)5-9/h8-9,11,13H,2-7H2,1H3. The molecule has 88 valence electrons. The van der Waals surface area contributed by atoms with Crippen molar-refractivity contribution in [3.05, 3.63) is 12.0 Å².